The van der Waals surface area contributed by atoms with E-state index in [4.69, 9.17) is 0 Å². The van der Waals surface area contributed by atoms with Crippen LogP contribution in [0.25, 0.3) is 0 Å². The number of carbonyl (C=O) groups excluding carboxylic acids is 1. The van der Waals surface area contributed by atoms with Crippen molar-refractivity contribution in [2.45, 2.75) is 39.7 Å². The molecule has 0 radical (unpaired) electrons. The van der Waals surface area contributed by atoms with Gasteiger partial charge in [-0.15, -0.1) is 0 Å². The first-order valence-electron chi connectivity index (χ1n) is 7.78. The number of carbonyl (C=O) groups is 1. The fourth-order valence-electron chi connectivity index (χ4n) is 2.84. The number of para-hydroxylation sites is 1. The SMILES string of the molecule is CCC(=O)c1ccccc1N1CCN(C(C)CC)CC1. The molecule has 1 aromatic rings. The van der Waals surface area contributed by atoms with E-state index in [1.165, 1.54) is 6.42 Å². The highest BCUT2D eigenvalue weighted by molar-refractivity contribution is 6.01. The highest BCUT2D eigenvalue weighted by Crippen LogP contribution is 2.23. The minimum absolute atomic E-state index is 0.241. The first-order valence-corrected chi connectivity index (χ1v) is 7.78. The monoisotopic (exact) mass is 274 g/mol. The van der Waals surface area contributed by atoms with E-state index in [0.717, 1.165) is 37.4 Å². The number of nitrogens with zero attached hydrogens (tertiary/aromatic N) is 2. The Morgan fingerprint density at radius 2 is 1.80 bits per heavy atom. The predicted octanol–water partition coefficient (Wildman–Crippen LogP) is 3.20. The molecule has 2 rings (SSSR count). The summed E-state index contributed by atoms with van der Waals surface area (Å²) in [6.45, 7) is 10.7. The second kappa shape index (κ2) is 6.89. The summed E-state index contributed by atoms with van der Waals surface area (Å²) in [5.41, 5.74) is 2.00. The van der Waals surface area contributed by atoms with Crippen LogP contribution in [0, 0.1) is 0 Å². The van der Waals surface area contributed by atoms with Crippen molar-refractivity contribution < 1.29 is 4.79 Å². The third-order valence-electron chi connectivity index (χ3n) is 4.39. The zero-order chi connectivity index (χ0) is 14.5. The van der Waals surface area contributed by atoms with Gasteiger partial charge < -0.3 is 4.90 Å². The molecule has 0 aromatic heterocycles. The van der Waals surface area contributed by atoms with Gasteiger partial charge in [-0.05, 0) is 25.5 Å². The Labute approximate surface area is 122 Å². The molecular weight excluding hydrogens is 248 g/mol. The van der Waals surface area contributed by atoms with Crippen LogP contribution in [0.15, 0.2) is 24.3 Å². The Bertz CT molecular complexity index is 450. The van der Waals surface area contributed by atoms with E-state index >= 15 is 0 Å². The standard InChI is InChI=1S/C17H26N2O/c1-4-14(3)18-10-12-19(13-11-18)16-9-7-6-8-15(16)17(20)5-2/h6-9,14H,4-5,10-13H2,1-3H3. The lowest BCUT2D eigenvalue weighted by atomic mass is 10.0. The molecule has 3 heteroatoms. The normalized spacial score (nSPS) is 18.1. The Morgan fingerprint density at radius 1 is 1.15 bits per heavy atom. The van der Waals surface area contributed by atoms with Crippen LogP contribution >= 0.6 is 0 Å². The second-order valence-electron chi connectivity index (χ2n) is 5.57. The van der Waals surface area contributed by atoms with Crippen molar-refractivity contribution in [1.82, 2.24) is 4.90 Å². The van der Waals surface area contributed by atoms with Gasteiger partial charge in [-0.1, -0.05) is 26.0 Å². The molecule has 3 nitrogen and oxygen atoms in total. The number of hydrogen-bond acceptors (Lipinski definition) is 3. The summed E-state index contributed by atoms with van der Waals surface area (Å²) in [4.78, 5) is 17.0. The summed E-state index contributed by atoms with van der Waals surface area (Å²) in [5, 5.41) is 0. The van der Waals surface area contributed by atoms with E-state index in [0.29, 0.717) is 12.5 Å². The highest BCUT2D eigenvalue weighted by atomic mass is 16.1. The quantitative estimate of drug-likeness (QED) is 0.770. The minimum atomic E-state index is 0.241. The van der Waals surface area contributed by atoms with Gasteiger partial charge in [0.25, 0.3) is 0 Å². The van der Waals surface area contributed by atoms with Gasteiger partial charge in [0, 0.05) is 49.9 Å². The number of anilines is 1. The van der Waals surface area contributed by atoms with E-state index < -0.39 is 0 Å². The summed E-state index contributed by atoms with van der Waals surface area (Å²) >= 11 is 0. The van der Waals surface area contributed by atoms with Crippen molar-refractivity contribution in [2.75, 3.05) is 31.1 Å². The Morgan fingerprint density at radius 3 is 2.40 bits per heavy atom. The van der Waals surface area contributed by atoms with Crippen molar-refractivity contribution in [3.63, 3.8) is 0 Å². The van der Waals surface area contributed by atoms with Gasteiger partial charge in [0.2, 0.25) is 0 Å². The van der Waals surface area contributed by atoms with E-state index in [1.54, 1.807) is 0 Å². The van der Waals surface area contributed by atoms with E-state index in [1.807, 2.05) is 25.1 Å². The highest BCUT2D eigenvalue weighted by Gasteiger charge is 2.22. The van der Waals surface area contributed by atoms with Crippen molar-refractivity contribution >= 4 is 11.5 Å². The van der Waals surface area contributed by atoms with Crippen molar-refractivity contribution in [3.8, 4) is 0 Å². The lowest BCUT2D eigenvalue weighted by Gasteiger charge is -2.39. The molecule has 1 atom stereocenters. The molecule has 0 spiro atoms. The summed E-state index contributed by atoms with van der Waals surface area (Å²) < 4.78 is 0. The van der Waals surface area contributed by atoms with E-state index in [-0.39, 0.29) is 5.78 Å². The van der Waals surface area contributed by atoms with E-state index in [2.05, 4.69) is 29.7 Å². The van der Waals surface area contributed by atoms with Crippen molar-refractivity contribution in [3.05, 3.63) is 29.8 Å². The number of piperazine rings is 1. The lowest BCUT2D eigenvalue weighted by Crippen LogP contribution is -2.49. The lowest BCUT2D eigenvalue weighted by molar-refractivity contribution is 0.0988. The summed E-state index contributed by atoms with van der Waals surface area (Å²) in [5.74, 6) is 0.241. The molecule has 1 fully saturated rings. The summed E-state index contributed by atoms with van der Waals surface area (Å²) in [6, 6.07) is 8.69. The molecule has 20 heavy (non-hydrogen) atoms. The van der Waals surface area contributed by atoms with Crippen LogP contribution in [0.3, 0.4) is 0 Å². The molecule has 1 heterocycles. The van der Waals surface area contributed by atoms with Crippen molar-refractivity contribution in [2.24, 2.45) is 0 Å². The molecule has 0 bridgehead atoms. The van der Waals surface area contributed by atoms with Crippen LogP contribution < -0.4 is 4.90 Å². The first kappa shape index (κ1) is 15.0. The Balaban J connectivity index is 2.09. The molecule has 0 aliphatic carbocycles. The maximum Gasteiger partial charge on any atom is 0.164 e. The number of hydrogen-bond donors (Lipinski definition) is 0. The summed E-state index contributed by atoms with van der Waals surface area (Å²) in [7, 11) is 0. The zero-order valence-corrected chi connectivity index (χ0v) is 12.9. The topological polar surface area (TPSA) is 23.6 Å². The van der Waals surface area contributed by atoms with Crippen molar-refractivity contribution in [1.29, 1.82) is 0 Å². The van der Waals surface area contributed by atoms with Gasteiger partial charge in [-0.2, -0.15) is 0 Å². The van der Waals surface area contributed by atoms with Crippen LogP contribution in [0.4, 0.5) is 5.69 Å². The van der Waals surface area contributed by atoms with Gasteiger partial charge in [-0.3, -0.25) is 9.69 Å². The van der Waals surface area contributed by atoms with Gasteiger partial charge in [-0.25, -0.2) is 0 Å². The molecule has 0 amide bonds. The minimum Gasteiger partial charge on any atom is -0.368 e. The van der Waals surface area contributed by atoms with Crippen LogP contribution in [-0.4, -0.2) is 42.9 Å². The van der Waals surface area contributed by atoms with Gasteiger partial charge in [0.1, 0.15) is 0 Å². The van der Waals surface area contributed by atoms with Crippen LogP contribution in [-0.2, 0) is 0 Å². The maximum atomic E-state index is 12.1. The average molecular weight is 274 g/mol. The Kier molecular flexibility index (Phi) is 5.18. The molecule has 1 aromatic carbocycles. The zero-order valence-electron chi connectivity index (χ0n) is 12.9. The fraction of sp³-hybridized carbons (Fsp3) is 0.588. The number of ketones is 1. The maximum absolute atomic E-state index is 12.1. The number of Topliss-reactive ketones (excluding diaryl/α,β-unsaturated/α-hetero) is 1. The molecule has 110 valence electrons. The van der Waals surface area contributed by atoms with Gasteiger partial charge in [0.05, 0.1) is 0 Å². The largest absolute Gasteiger partial charge is 0.368 e. The first-order chi connectivity index (χ1) is 9.67. The fourth-order valence-corrected chi connectivity index (χ4v) is 2.84. The van der Waals surface area contributed by atoms with Gasteiger partial charge >= 0.3 is 0 Å². The average Bonchev–Trinajstić information content (AvgIpc) is 2.53. The van der Waals surface area contributed by atoms with Crippen LogP contribution in [0.1, 0.15) is 44.0 Å². The molecule has 1 aliphatic heterocycles. The third-order valence-corrected chi connectivity index (χ3v) is 4.39. The number of rotatable bonds is 5. The van der Waals surface area contributed by atoms with E-state index in [9.17, 15) is 4.79 Å². The van der Waals surface area contributed by atoms with Crippen LogP contribution in [0.2, 0.25) is 0 Å². The van der Waals surface area contributed by atoms with Gasteiger partial charge in [0.15, 0.2) is 5.78 Å². The number of benzene rings is 1. The molecule has 1 aliphatic rings. The van der Waals surface area contributed by atoms with Crippen LogP contribution in [0.5, 0.6) is 0 Å². The Hall–Kier alpha value is -1.35. The molecule has 1 unspecified atom stereocenters. The third kappa shape index (κ3) is 3.21. The predicted molar refractivity (Wildman–Crippen MR) is 84.6 cm³/mol. The summed E-state index contributed by atoms with van der Waals surface area (Å²) in [6.07, 6.45) is 1.77. The molecule has 1 saturated heterocycles. The molecule has 0 N–H and O–H groups in total. The molecular formula is C17H26N2O. The second-order valence-corrected chi connectivity index (χ2v) is 5.57. The smallest absolute Gasteiger partial charge is 0.164 e. The molecule has 0 saturated carbocycles.